The number of hydrogen-bond donors (Lipinski definition) is 1. The molecule has 4 aromatic rings. The van der Waals surface area contributed by atoms with Crippen molar-refractivity contribution >= 4 is 34.0 Å². The summed E-state index contributed by atoms with van der Waals surface area (Å²) >= 11 is 6.93. The summed E-state index contributed by atoms with van der Waals surface area (Å²) in [4.78, 5) is 21.0. The van der Waals surface area contributed by atoms with Crippen LogP contribution < -0.4 is 10.1 Å². The van der Waals surface area contributed by atoms with Crippen LogP contribution in [-0.2, 0) is 6.42 Å². The van der Waals surface area contributed by atoms with Crippen LogP contribution in [0.4, 0.5) is 13.9 Å². The summed E-state index contributed by atoms with van der Waals surface area (Å²) in [5.74, 6) is 5.35. The van der Waals surface area contributed by atoms with Gasteiger partial charge in [0, 0.05) is 27.9 Å². The first-order valence-electron chi connectivity index (χ1n) is 10.5. The molecule has 3 aromatic heterocycles. The van der Waals surface area contributed by atoms with Gasteiger partial charge in [0.2, 0.25) is 5.13 Å². The van der Waals surface area contributed by atoms with E-state index >= 15 is 0 Å². The average Bonchev–Trinajstić information content (AvgIpc) is 3.35. The number of aromatic nitrogens is 4. The topological polar surface area (TPSA) is 114 Å². The zero-order valence-electron chi connectivity index (χ0n) is 19.0. The Labute approximate surface area is 218 Å². The fraction of sp³-hybridized carbons (Fsp3) is 0.120. The lowest BCUT2D eigenvalue weighted by molar-refractivity contribution is 0.102. The summed E-state index contributed by atoms with van der Waals surface area (Å²) in [5.41, 5.74) is 1.08. The number of benzene rings is 1. The van der Waals surface area contributed by atoms with Crippen LogP contribution in [0.1, 0.15) is 38.7 Å². The van der Waals surface area contributed by atoms with Crippen molar-refractivity contribution in [1.29, 1.82) is 5.26 Å². The van der Waals surface area contributed by atoms with Crippen LogP contribution in [0.3, 0.4) is 0 Å². The maximum absolute atomic E-state index is 13.4. The van der Waals surface area contributed by atoms with Gasteiger partial charge in [-0.3, -0.25) is 20.1 Å². The van der Waals surface area contributed by atoms with Crippen molar-refractivity contribution in [2.45, 2.75) is 12.8 Å². The largest absolute Gasteiger partial charge is 0.494 e. The lowest BCUT2D eigenvalue weighted by Crippen LogP contribution is -2.14. The molecule has 0 aliphatic carbocycles. The number of methoxy groups -OCH3 is 1. The van der Waals surface area contributed by atoms with E-state index in [0.717, 1.165) is 29.2 Å². The fourth-order valence-electron chi connectivity index (χ4n) is 3.18. The smallest absolute Gasteiger partial charge is 0.280 e. The third kappa shape index (κ3) is 6.22. The van der Waals surface area contributed by atoms with E-state index in [9.17, 15) is 13.6 Å². The molecule has 3 heterocycles. The highest BCUT2D eigenvalue weighted by Crippen LogP contribution is 2.35. The van der Waals surface area contributed by atoms with Crippen LogP contribution >= 0.6 is 22.9 Å². The zero-order chi connectivity index (χ0) is 26.4. The lowest BCUT2D eigenvalue weighted by atomic mass is 9.98. The van der Waals surface area contributed by atoms with Gasteiger partial charge in [-0.2, -0.15) is 5.26 Å². The van der Waals surface area contributed by atoms with Crippen LogP contribution in [0.15, 0.2) is 48.8 Å². The van der Waals surface area contributed by atoms with E-state index in [1.54, 1.807) is 24.3 Å². The van der Waals surface area contributed by atoms with Gasteiger partial charge < -0.3 is 4.74 Å². The molecule has 0 radical (unpaired) electrons. The predicted molar refractivity (Wildman–Crippen MR) is 134 cm³/mol. The second-order valence-corrected chi connectivity index (χ2v) is 8.70. The maximum atomic E-state index is 13.4. The van der Waals surface area contributed by atoms with Crippen molar-refractivity contribution in [3.63, 3.8) is 0 Å². The number of nitrogens with one attached hydrogen (secondary N) is 1. The molecule has 0 atom stereocenters. The molecule has 184 valence electrons. The Morgan fingerprint density at radius 3 is 2.62 bits per heavy atom. The van der Waals surface area contributed by atoms with Gasteiger partial charge in [-0.25, -0.2) is 8.78 Å². The van der Waals surface area contributed by atoms with E-state index in [1.165, 1.54) is 19.4 Å². The van der Waals surface area contributed by atoms with Crippen molar-refractivity contribution in [3.05, 3.63) is 81.3 Å². The van der Waals surface area contributed by atoms with E-state index in [-0.39, 0.29) is 34.0 Å². The minimum Gasteiger partial charge on any atom is -0.494 e. The molecular formula is C25H15ClF2N6O2S. The van der Waals surface area contributed by atoms with Crippen molar-refractivity contribution in [3.8, 4) is 34.8 Å². The quantitative estimate of drug-likeness (QED) is 0.332. The van der Waals surface area contributed by atoms with Crippen LogP contribution in [0, 0.1) is 23.2 Å². The number of anilines is 1. The zero-order valence-corrected chi connectivity index (χ0v) is 20.6. The van der Waals surface area contributed by atoms with Crippen molar-refractivity contribution in [1.82, 2.24) is 20.2 Å². The molecule has 37 heavy (non-hydrogen) atoms. The van der Waals surface area contributed by atoms with Gasteiger partial charge in [0.15, 0.2) is 5.01 Å². The van der Waals surface area contributed by atoms with Crippen molar-refractivity contribution in [2.24, 2.45) is 0 Å². The second-order valence-electron chi connectivity index (χ2n) is 7.29. The molecule has 0 saturated carbocycles. The van der Waals surface area contributed by atoms with Gasteiger partial charge in [0.1, 0.15) is 11.4 Å². The number of rotatable bonds is 6. The van der Waals surface area contributed by atoms with Crippen molar-refractivity contribution in [2.75, 3.05) is 12.4 Å². The highest BCUT2D eigenvalue weighted by atomic mass is 35.5. The Hall–Kier alpha value is -4.45. The highest BCUT2D eigenvalue weighted by Gasteiger charge is 2.21. The van der Waals surface area contributed by atoms with Gasteiger partial charge in [0.25, 0.3) is 12.3 Å². The number of alkyl halides is 2. The van der Waals surface area contributed by atoms with Crippen LogP contribution in [0.5, 0.6) is 5.75 Å². The number of hydrogen-bond acceptors (Lipinski definition) is 8. The first kappa shape index (κ1) is 25.6. The van der Waals surface area contributed by atoms with Gasteiger partial charge in [-0.05, 0) is 42.3 Å². The van der Waals surface area contributed by atoms with E-state index < -0.39 is 18.0 Å². The van der Waals surface area contributed by atoms with Gasteiger partial charge in [-0.15, -0.1) is 10.2 Å². The minimum atomic E-state index is -2.84. The Bertz CT molecular complexity index is 1560. The normalized spacial score (nSPS) is 10.4. The molecule has 1 N–H and O–H groups in total. The second kappa shape index (κ2) is 11.5. The number of carbonyl (C=O) groups excluding carboxylic acids is 1. The Morgan fingerprint density at radius 2 is 1.92 bits per heavy atom. The third-order valence-corrected chi connectivity index (χ3v) is 5.90. The predicted octanol–water partition coefficient (Wildman–Crippen LogP) is 5.31. The summed E-state index contributed by atoms with van der Waals surface area (Å²) in [5, 5.41) is 20.7. The first-order chi connectivity index (χ1) is 17.9. The number of halogens is 3. The van der Waals surface area contributed by atoms with Crippen LogP contribution in [-0.4, -0.2) is 33.2 Å². The molecule has 0 fully saturated rings. The Morgan fingerprint density at radius 1 is 1.14 bits per heavy atom. The average molecular weight is 537 g/mol. The lowest BCUT2D eigenvalue weighted by Gasteiger charge is -2.14. The third-order valence-electron chi connectivity index (χ3n) is 4.89. The monoisotopic (exact) mass is 536 g/mol. The van der Waals surface area contributed by atoms with E-state index in [1.807, 2.05) is 6.07 Å². The first-order valence-corrected chi connectivity index (χ1v) is 11.7. The number of ether oxygens (including phenoxy) is 1. The maximum Gasteiger partial charge on any atom is 0.280 e. The molecule has 0 aliphatic heterocycles. The SMILES string of the molecule is COc1cnc(C(F)F)cc1-c1cc(CC#N)ncc1C(=O)Nc1nnc(C#Cc2ccc(Cl)cc2)s1. The fourth-order valence-corrected chi connectivity index (χ4v) is 3.90. The summed E-state index contributed by atoms with van der Waals surface area (Å²) in [6.45, 7) is 0. The molecule has 1 amide bonds. The molecule has 4 rings (SSSR count). The number of amides is 1. The van der Waals surface area contributed by atoms with Gasteiger partial charge >= 0.3 is 0 Å². The van der Waals surface area contributed by atoms with Crippen LogP contribution in [0.25, 0.3) is 11.1 Å². The summed E-state index contributed by atoms with van der Waals surface area (Å²) in [7, 11) is 1.35. The number of pyridine rings is 2. The Balaban J connectivity index is 1.65. The summed E-state index contributed by atoms with van der Waals surface area (Å²) in [6.07, 6.45) is -0.465. The summed E-state index contributed by atoms with van der Waals surface area (Å²) < 4.78 is 32.0. The standard InChI is InChI=1S/C25H15ClF2N6O2S/c1-36-21-13-31-20(23(27)28)11-18(21)17-10-16(8-9-29)30-12-19(17)24(35)32-25-34-33-22(37-25)7-4-14-2-5-15(26)6-3-14/h2-3,5-6,10-13,23H,8H2,1H3,(H,32,34,35). The minimum absolute atomic E-state index is 0.0456. The van der Waals surface area contributed by atoms with Gasteiger partial charge in [0.05, 0.1) is 37.1 Å². The molecule has 0 bridgehead atoms. The van der Waals surface area contributed by atoms with Crippen molar-refractivity contribution < 1.29 is 18.3 Å². The molecule has 0 unspecified atom stereocenters. The number of nitriles is 1. The highest BCUT2D eigenvalue weighted by molar-refractivity contribution is 7.15. The molecule has 1 aromatic carbocycles. The van der Waals surface area contributed by atoms with E-state index in [0.29, 0.717) is 15.7 Å². The summed E-state index contributed by atoms with van der Waals surface area (Å²) in [6, 6.07) is 11.5. The molecule has 12 heteroatoms. The molecule has 8 nitrogen and oxygen atoms in total. The molecule has 0 spiro atoms. The Kier molecular flexibility index (Phi) is 7.98. The molecule has 0 saturated heterocycles. The van der Waals surface area contributed by atoms with Gasteiger partial charge in [-0.1, -0.05) is 28.9 Å². The number of nitrogens with zero attached hydrogens (tertiary/aromatic N) is 5. The van der Waals surface area contributed by atoms with E-state index in [2.05, 4.69) is 37.3 Å². The number of carbonyl (C=O) groups is 1. The van der Waals surface area contributed by atoms with Crippen LogP contribution in [0.2, 0.25) is 5.02 Å². The molecular weight excluding hydrogens is 522 g/mol. The molecule has 0 aliphatic rings. The van der Waals surface area contributed by atoms with E-state index in [4.69, 9.17) is 21.6 Å².